The summed E-state index contributed by atoms with van der Waals surface area (Å²) in [7, 11) is 3.26. The molecule has 1 aliphatic carbocycles. The molecule has 0 unspecified atom stereocenters. The van der Waals surface area contributed by atoms with Crippen LogP contribution in [0.1, 0.15) is 30.9 Å². The maximum atomic E-state index is 10.6. The van der Waals surface area contributed by atoms with Gasteiger partial charge in [-0.2, -0.15) is 0 Å². The lowest BCUT2D eigenvalue weighted by molar-refractivity contribution is 0.155. The molecule has 0 amide bonds. The summed E-state index contributed by atoms with van der Waals surface area (Å²) < 4.78 is 10.8. The second kappa shape index (κ2) is 6.75. The van der Waals surface area contributed by atoms with Crippen molar-refractivity contribution >= 4 is 0 Å². The number of aromatic hydroxyl groups is 1. The Kier molecular flexibility index (Phi) is 4.74. The van der Waals surface area contributed by atoms with Crippen LogP contribution in [0, 0.1) is 5.92 Å². The highest BCUT2D eigenvalue weighted by Gasteiger charge is 2.33. The number of phenols is 1. The minimum absolute atomic E-state index is 0.218. The van der Waals surface area contributed by atoms with Gasteiger partial charge in [-0.3, -0.25) is 4.90 Å². The topological polar surface area (TPSA) is 54.0 Å². The van der Waals surface area contributed by atoms with Gasteiger partial charge < -0.3 is 19.9 Å². The van der Waals surface area contributed by atoms with Crippen molar-refractivity contribution in [2.75, 3.05) is 40.4 Å². The summed E-state index contributed by atoms with van der Waals surface area (Å²) in [5.74, 6) is 2.41. The zero-order valence-corrected chi connectivity index (χ0v) is 13.5. The third-order valence-corrected chi connectivity index (χ3v) is 4.73. The Morgan fingerprint density at radius 3 is 2.55 bits per heavy atom. The van der Waals surface area contributed by atoms with E-state index in [4.69, 9.17) is 9.47 Å². The molecule has 122 valence electrons. The molecule has 2 N–H and O–H groups in total. The number of ether oxygens (including phenoxy) is 2. The number of nitrogens with one attached hydrogen (secondary N) is 1. The Labute approximate surface area is 132 Å². The summed E-state index contributed by atoms with van der Waals surface area (Å²) >= 11 is 0. The van der Waals surface area contributed by atoms with E-state index in [1.807, 2.05) is 6.07 Å². The number of rotatable bonds is 6. The number of phenolic OH excluding ortho intramolecular Hbond substituents is 1. The molecule has 0 bridgehead atoms. The largest absolute Gasteiger partial charge is 0.507 e. The first kappa shape index (κ1) is 15.4. The van der Waals surface area contributed by atoms with Crippen LogP contribution in [0.4, 0.5) is 0 Å². The Hall–Kier alpha value is -1.46. The summed E-state index contributed by atoms with van der Waals surface area (Å²) in [6.45, 7) is 4.01. The van der Waals surface area contributed by atoms with Crippen LogP contribution in [0.5, 0.6) is 17.2 Å². The first-order chi connectivity index (χ1) is 10.7. The predicted octanol–water partition coefficient (Wildman–Crippen LogP) is 2.16. The Morgan fingerprint density at radius 1 is 1.23 bits per heavy atom. The average Bonchev–Trinajstić information content (AvgIpc) is 3.37. The van der Waals surface area contributed by atoms with Gasteiger partial charge >= 0.3 is 0 Å². The van der Waals surface area contributed by atoms with E-state index in [1.165, 1.54) is 12.8 Å². The van der Waals surface area contributed by atoms with Crippen molar-refractivity contribution in [1.82, 2.24) is 10.2 Å². The minimum Gasteiger partial charge on any atom is -0.507 e. The van der Waals surface area contributed by atoms with E-state index in [9.17, 15) is 5.11 Å². The first-order valence-corrected chi connectivity index (χ1v) is 8.12. The zero-order valence-electron chi connectivity index (χ0n) is 13.5. The molecule has 22 heavy (non-hydrogen) atoms. The molecule has 1 atom stereocenters. The third kappa shape index (κ3) is 3.31. The number of hydrogen-bond donors (Lipinski definition) is 2. The van der Waals surface area contributed by atoms with E-state index in [-0.39, 0.29) is 11.8 Å². The lowest BCUT2D eigenvalue weighted by Gasteiger charge is -2.36. The molecular weight excluding hydrogens is 280 g/mol. The highest BCUT2D eigenvalue weighted by Crippen LogP contribution is 2.46. The first-order valence-electron chi connectivity index (χ1n) is 8.12. The van der Waals surface area contributed by atoms with E-state index in [1.54, 1.807) is 20.3 Å². The van der Waals surface area contributed by atoms with Gasteiger partial charge in [-0.05, 0) is 12.3 Å². The summed E-state index contributed by atoms with van der Waals surface area (Å²) in [6.07, 6.45) is 3.71. The molecule has 0 radical (unpaired) electrons. The molecule has 1 saturated carbocycles. The maximum absolute atomic E-state index is 10.6. The number of hydrogen-bond acceptors (Lipinski definition) is 5. The predicted molar refractivity (Wildman–Crippen MR) is 85.7 cm³/mol. The lowest BCUT2D eigenvalue weighted by atomic mass is 9.96. The van der Waals surface area contributed by atoms with Crippen LogP contribution in [0.3, 0.4) is 0 Å². The lowest BCUT2D eigenvalue weighted by Crippen LogP contribution is -2.45. The Morgan fingerprint density at radius 2 is 1.95 bits per heavy atom. The second-order valence-electron chi connectivity index (χ2n) is 6.24. The molecule has 1 aromatic carbocycles. The second-order valence-corrected chi connectivity index (χ2v) is 6.24. The van der Waals surface area contributed by atoms with Crippen LogP contribution in [0.25, 0.3) is 0 Å². The summed E-state index contributed by atoms with van der Waals surface area (Å²) in [4.78, 5) is 2.47. The van der Waals surface area contributed by atoms with Gasteiger partial charge in [-0.1, -0.05) is 12.8 Å². The number of methoxy groups -OCH3 is 2. The summed E-state index contributed by atoms with van der Waals surface area (Å²) in [5.41, 5.74) is 0.914. The molecule has 2 fully saturated rings. The molecule has 1 heterocycles. The van der Waals surface area contributed by atoms with Crippen LogP contribution in [-0.2, 0) is 0 Å². The number of piperazine rings is 1. The van der Waals surface area contributed by atoms with Crippen molar-refractivity contribution in [2.24, 2.45) is 5.92 Å². The van der Waals surface area contributed by atoms with Gasteiger partial charge in [0.05, 0.1) is 19.8 Å². The molecule has 1 saturated heterocycles. The maximum Gasteiger partial charge on any atom is 0.131 e. The number of nitrogens with zero attached hydrogens (tertiary/aromatic N) is 1. The minimum atomic E-state index is 0.218. The van der Waals surface area contributed by atoms with E-state index in [0.29, 0.717) is 5.75 Å². The van der Waals surface area contributed by atoms with E-state index in [2.05, 4.69) is 10.2 Å². The van der Waals surface area contributed by atoms with Gasteiger partial charge in [0, 0.05) is 44.4 Å². The fourth-order valence-corrected chi connectivity index (χ4v) is 3.32. The van der Waals surface area contributed by atoms with Crippen LogP contribution in [0.2, 0.25) is 0 Å². The molecule has 0 aromatic heterocycles. The average molecular weight is 306 g/mol. The Bertz CT molecular complexity index is 511. The summed E-state index contributed by atoms with van der Waals surface area (Å²) in [5, 5.41) is 14.0. The molecule has 5 nitrogen and oxygen atoms in total. The van der Waals surface area contributed by atoms with Gasteiger partial charge in [-0.15, -0.1) is 0 Å². The molecule has 1 aliphatic heterocycles. The quantitative estimate of drug-likeness (QED) is 0.843. The van der Waals surface area contributed by atoms with Crippen molar-refractivity contribution < 1.29 is 14.6 Å². The van der Waals surface area contributed by atoms with E-state index >= 15 is 0 Å². The van der Waals surface area contributed by atoms with Crippen LogP contribution >= 0.6 is 0 Å². The summed E-state index contributed by atoms with van der Waals surface area (Å²) in [6, 6.07) is 3.78. The highest BCUT2D eigenvalue weighted by molar-refractivity contribution is 5.51. The molecule has 5 heteroatoms. The van der Waals surface area contributed by atoms with Crippen LogP contribution < -0.4 is 14.8 Å². The fourth-order valence-electron chi connectivity index (χ4n) is 3.32. The SMILES string of the molecule is COc1cc(O)c([C@H](CC2CC2)N2CCNCC2)c(OC)c1. The van der Waals surface area contributed by atoms with Crippen LogP contribution in [0.15, 0.2) is 12.1 Å². The normalized spacial score (nSPS) is 20.6. The molecule has 1 aromatic rings. The van der Waals surface area contributed by atoms with Gasteiger partial charge in [-0.25, -0.2) is 0 Å². The van der Waals surface area contributed by atoms with Gasteiger partial charge in [0.2, 0.25) is 0 Å². The number of benzene rings is 1. The molecule has 3 rings (SSSR count). The van der Waals surface area contributed by atoms with Crippen molar-refractivity contribution in [1.29, 1.82) is 0 Å². The van der Waals surface area contributed by atoms with Gasteiger partial charge in [0.15, 0.2) is 0 Å². The third-order valence-electron chi connectivity index (χ3n) is 4.73. The smallest absolute Gasteiger partial charge is 0.131 e. The molecule has 0 spiro atoms. The van der Waals surface area contributed by atoms with Crippen molar-refractivity contribution in [3.63, 3.8) is 0 Å². The molecule has 2 aliphatic rings. The highest BCUT2D eigenvalue weighted by atomic mass is 16.5. The monoisotopic (exact) mass is 306 g/mol. The van der Waals surface area contributed by atoms with Crippen molar-refractivity contribution in [3.05, 3.63) is 17.7 Å². The van der Waals surface area contributed by atoms with Crippen molar-refractivity contribution in [3.8, 4) is 17.2 Å². The zero-order chi connectivity index (χ0) is 15.5. The van der Waals surface area contributed by atoms with Crippen molar-refractivity contribution in [2.45, 2.75) is 25.3 Å². The van der Waals surface area contributed by atoms with E-state index < -0.39 is 0 Å². The van der Waals surface area contributed by atoms with E-state index in [0.717, 1.165) is 49.8 Å². The van der Waals surface area contributed by atoms with Gasteiger partial charge in [0.1, 0.15) is 17.2 Å². The molecular formula is C17H26N2O3. The Balaban J connectivity index is 1.94. The standard InChI is InChI=1S/C17H26N2O3/c1-21-13-10-15(20)17(16(11-13)22-2)14(9-12-3-4-12)19-7-5-18-6-8-19/h10-12,14,18,20H,3-9H2,1-2H3/t14-/m0/s1. The van der Waals surface area contributed by atoms with Gasteiger partial charge in [0.25, 0.3) is 0 Å². The van der Waals surface area contributed by atoms with Crippen LogP contribution in [-0.4, -0.2) is 50.4 Å². The fraction of sp³-hybridized carbons (Fsp3) is 0.647.